The van der Waals surface area contributed by atoms with E-state index in [9.17, 15) is 44.4 Å². The number of amides is 4. The lowest BCUT2D eigenvalue weighted by atomic mass is 9.93. The van der Waals surface area contributed by atoms with Crippen LogP contribution in [0.3, 0.4) is 0 Å². The summed E-state index contributed by atoms with van der Waals surface area (Å²) in [4.78, 5) is 101. The van der Waals surface area contributed by atoms with Crippen molar-refractivity contribution in [2.45, 2.75) is 170 Å². The molecule has 0 aromatic heterocycles. The maximum atomic E-state index is 15.5. The summed E-state index contributed by atoms with van der Waals surface area (Å²) in [5, 5.41) is 49.0. The summed E-state index contributed by atoms with van der Waals surface area (Å²) >= 11 is 52.8. The van der Waals surface area contributed by atoms with Crippen molar-refractivity contribution >= 4 is 134 Å². The monoisotopic (exact) mass is 1700 g/mol. The molecule has 111 heavy (non-hydrogen) atoms. The number of aliphatic hydroxyl groups excluding tert-OH is 4. The zero-order valence-electron chi connectivity index (χ0n) is 58.9. The molecule has 0 saturated carbocycles. The highest BCUT2D eigenvalue weighted by Gasteiger charge is 2.62. The van der Waals surface area contributed by atoms with E-state index < -0.39 is 243 Å². The summed E-state index contributed by atoms with van der Waals surface area (Å²) in [5.74, 6) is -7.79. The lowest BCUT2D eigenvalue weighted by molar-refractivity contribution is -0.382. The van der Waals surface area contributed by atoms with Crippen molar-refractivity contribution in [3.63, 3.8) is 0 Å². The summed E-state index contributed by atoms with van der Waals surface area (Å²) in [6.45, 7) is 0.558. The Bertz CT molecular complexity index is 4280. The summed E-state index contributed by atoms with van der Waals surface area (Å²) in [5.41, 5.74) is 0.425. The van der Waals surface area contributed by atoms with E-state index in [2.05, 4.69) is 0 Å². The van der Waals surface area contributed by atoms with Crippen molar-refractivity contribution in [2.75, 3.05) is 33.5 Å². The Morgan fingerprint density at radius 1 is 0.342 bits per heavy atom. The molecule has 4 amide bonds. The van der Waals surface area contributed by atoms with Crippen molar-refractivity contribution in [3.8, 4) is 0 Å². The number of methoxy groups -OCH3 is 1. The van der Waals surface area contributed by atoms with E-state index in [0.717, 1.165) is 27.9 Å². The van der Waals surface area contributed by atoms with E-state index in [0.29, 0.717) is 32.1 Å². The van der Waals surface area contributed by atoms with Crippen LogP contribution in [0, 0.1) is 0 Å². The Kier molecular flexibility index (Phi) is 28.1. The minimum Gasteiger partial charge on any atom is -0.456 e. The van der Waals surface area contributed by atoms with Crippen molar-refractivity contribution in [1.82, 2.24) is 9.80 Å². The average Bonchev–Trinajstić information content (AvgIpc) is 1.60. The number of halogens is 8. The Morgan fingerprint density at radius 3 is 0.991 bits per heavy atom. The quantitative estimate of drug-likeness (QED) is 0.0117. The van der Waals surface area contributed by atoms with Crippen LogP contribution in [0.4, 0.5) is 0 Å². The van der Waals surface area contributed by atoms with E-state index in [4.69, 9.17) is 164 Å². The zero-order chi connectivity index (χ0) is 79.4. The highest BCUT2D eigenvalue weighted by Crippen LogP contribution is 2.50. The third-order valence-electron chi connectivity index (χ3n) is 19.0. The second kappa shape index (κ2) is 37.1. The smallest absolute Gasteiger partial charge is 0.303 e. The van der Waals surface area contributed by atoms with Crippen molar-refractivity contribution in [3.05, 3.63) is 206 Å². The van der Waals surface area contributed by atoms with Gasteiger partial charge in [-0.1, -0.05) is 214 Å². The summed E-state index contributed by atoms with van der Waals surface area (Å²) in [7, 11) is 1.16. The van der Waals surface area contributed by atoms with Gasteiger partial charge in [-0.25, -0.2) is 0 Å². The van der Waals surface area contributed by atoms with E-state index in [-0.39, 0.29) is 36.5 Å². The molecule has 0 spiro atoms. The maximum Gasteiger partial charge on any atom is 0.303 e. The van der Waals surface area contributed by atoms with Gasteiger partial charge in [0.15, 0.2) is 43.5 Å². The number of aliphatic hydroxyl groups is 4. The van der Waals surface area contributed by atoms with Gasteiger partial charge < -0.3 is 91.5 Å². The number of imide groups is 2. The molecule has 4 fully saturated rings. The Morgan fingerprint density at radius 2 is 0.631 bits per heavy atom. The van der Waals surface area contributed by atoms with Gasteiger partial charge in [0, 0.05) is 27.9 Å². The topological polar surface area (TPSA) is 345 Å². The molecular weight excluding hydrogens is 1630 g/mol. The van der Waals surface area contributed by atoms with Crippen molar-refractivity contribution in [2.24, 2.45) is 0 Å². The first-order chi connectivity index (χ1) is 53.2. The molecule has 36 heteroatoms. The lowest BCUT2D eigenvalue weighted by Crippen LogP contribution is -2.71. The van der Waals surface area contributed by atoms with E-state index in [1.807, 2.05) is 0 Å². The fraction of sp³-hybridized carbons (Fsp3) is 0.427. The van der Waals surface area contributed by atoms with Crippen LogP contribution in [0.25, 0.3) is 0 Å². The number of fused-ring (bicyclic) bond motifs is 2. The SMILES string of the molecule is CO[C@@H]1O[C@H](COCc2ccccc2)[C@@H](O[C@@H]2O[C@H](COCc3ccccc3)[C@H](O)[C@H](O[C@@H]3O[C@H](COCc4ccccc4)[C@@H](O[C@@H]4O[C@H](COCc5ccccc5)[C@H](OC(C)=O)[C@H](OC(C)=O)[C@H]4OC(C)=O)[C@H](O)[C@H]3N3C(=O)c4c(Cl)c(Cl)c(Cl)c(Cl)c4C3=O)[C@H]2O)[C@H](O)[C@H]1N1C(=O)c2c(Cl)c(Cl)c(Cl)c(Cl)c2C1=O. The highest BCUT2D eigenvalue weighted by molar-refractivity contribution is 6.56. The molecule has 0 unspecified atom stereocenters. The fourth-order valence-corrected chi connectivity index (χ4v) is 15.9. The molecule has 6 heterocycles. The number of benzene rings is 6. The van der Waals surface area contributed by atoms with Crippen molar-refractivity contribution in [1.29, 1.82) is 0 Å². The molecule has 6 aliphatic rings. The summed E-state index contributed by atoms with van der Waals surface area (Å²) in [6, 6.07) is 30.9. The van der Waals surface area contributed by atoms with Gasteiger partial charge in [-0.15, -0.1) is 0 Å². The van der Waals surface area contributed by atoms with Crippen LogP contribution < -0.4 is 0 Å². The number of hydrogen-bond donors (Lipinski definition) is 4. The molecule has 4 N–H and O–H groups in total. The molecular formula is C75H72Cl8N2O26. The molecule has 6 aliphatic heterocycles. The largest absolute Gasteiger partial charge is 0.456 e. The van der Waals surface area contributed by atoms with Crippen LogP contribution in [0.2, 0.25) is 40.2 Å². The van der Waals surface area contributed by atoms with E-state index in [1.165, 1.54) is 0 Å². The first kappa shape index (κ1) is 84.1. The number of carbonyl (C=O) groups excluding carboxylic acids is 7. The molecule has 6 aromatic rings. The van der Waals surface area contributed by atoms with Gasteiger partial charge in [-0.3, -0.25) is 43.4 Å². The Balaban J connectivity index is 0.955. The predicted molar refractivity (Wildman–Crippen MR) is 393 cm³/mol. The molecule has 0 radical (unpaired) electrons. The van der Waals surface area contributed by atoms with Crippen LogP contribution in [0.1, 0.15) is 84.5 Å². The minimum atomic E-state index is -2.41. The fourth-order valence-electron chi connectivity index (χ4n) is 13.9. The van der Waals surface area contributed by atoms with E-state index in [1.54, 1.807) is 121 Å². The predicted octanol–water partition coefficient (Wildman–Crippen LogP) is 9.35. The normalized spacial score (nSPS) is 29.3. The highest BCUT2D eigenvalue weighted by atomic mass is 35.5. The molecule has 0 aliphatic carbocycles. The maximum absolute atomic E-state index is 15.5. The van der Waals surface area contributed by atoms with Gasteiger partial charge in [0.05, 0.1) is 115 Å². The number of ether oxygens (including phenoxy) is 15. The Hall–Kier alpha value is -6.31. The minimum absolute atomic E-state index is 0.0479. The summed E-state index contributed by atoms with van der Waals surface area (Å²) < 4.78 is 94.6. The second-order valence-electron chi connectivity index (χ2n) is 26.4. The standard InChI is InChI=1S/C75H72Cl8N2O26/c1-33(86)102-64-43(32-101-28-39-23-15-8-16-24-39)108-75(67(104-35(3)88)66(64)103-34(2)87)110-63-42(31-100-27-38-21-13-7-14-22-38)107-73(57(60(63)91)85-70(95)46-47(71(85)96)51(79)55(83)54(82)50(46)78)111-65-58(89)40(29-98-25-36-17-9-5-10-18-36)105-74(61(65)92)109-62-41(30-99-26-37-19-11-6-12-20-37)106-72(97-4)56(59(62)90)84-68(93)44-45(69(84)94)49(77)53(81)52(80)48(44)76/h5-24,40-43,56-67,72-75,89-92H,25-32H2,1-4H3/t40-,41-,42-,43-,56-,57-,58+,59-,60-,61-,62-,63-,64+,65+,66+,67-,72-,73+,74+,75+/m1/s1. The van der Waals surface area contributed by atoms with Crippen LogP contribution in [0.15, 0.2) is 121 Å². The number of carbonyl (C=O) groups is 7. The van der Waals surface area contributed by atoms with Gasteiger partial charge in [0.25, 0.3) is 23.6 Å². The van der Waals surface area contributed by atoms with Gasteiger partial charge in [-0.2, -0.15) is 0 Å². The van der Waals surface area contributed by atoms with Gasteiger partial charge in [0.2, 0.25) is 0 Å². The molecule has 28 nitrogen and oxygen atoms in total. The third kappa shape index (κ3) is 18.1. The van der Waals surface area contributed by atoms with E-state index >= 15 is 9.59 Å². The van der Waals surface area contributed by atoms with Crippen LogP contribution >= 0.6 is 92.8 Å². The van der Waals surface area contributed by atoms with Gasteiger partial charge >= 0.3 is 17.9 Å². The van der Waals surface area contributed by atoms with Gasteiger partial charge in [-0.05, 0) is 22.3 Å². The number of nitrogens with zero attached hydrogens (tertiary/aromatic N) is 2. The van der Waals surface area contributed by atoms with Crippen LogP contribution in [0.5, 0.6) is 0 Å². The summed E-state index contributed by atoms with van der Waals surface area (Å²) in [6.07, 6.45) is -35.1. The lowest BCUT2D eigenvalue weighted by Gasteiger charge is -2.51. The van der Waals surface area contributed by atoms with Gasteiger partial charge in [0.1, 0.15) is 79.2 Å². The van der Waals surface area contributed by atoms with Crippen molar-refractivity contribution < 1.29 is 125 Å². The first-order valence-corrected chi connectivity index (χ1v) is 37.5. The molecule has 6 aromatic carbocycles. The second-order valence-corrected chi connectivity index (χ2v) is 29.4. The van der Waals surface area contributed by atoms with Crippen LogP contribution in [-0.2, 0) is 112 Å². The number of hydrogen-bond acceptors (Lipinski definition) is 26. The molecule has 0 bridgehead atoms. The number of esters is 3. The molecule has 594 valence electrons. The zero-order valence-corrected chi connectivity index (χ0v) is 65.0. The Labute approximate surface area is 674 Å². The number of rotatable bonds is 28. The molecule has 4 saturated heterocycles. The molecule has 20 atom stereocenters. The third-order valence-corrected chi connectivity index (χ3v) is 22.6. The van der Waals surface area contributed by atoms with Crippen LogP contribution in [-0.4, -0.2) is 228 Å². The average molecular weight is 1700 g/mol. The molecule has 12 rings (SSSR count). The first-order valence-electron chi connectivity index (χ1n) is 34.5.